The number of amides is 1. The van der Waals surface area contributed by atoms with Gasteiger partial charge in [-0.05, 0) is 31.2 Å². The van der Waals surface area contributed by atoms with Crippen molar-refractivity contribution in [1.29, 1.82) is 0 Å². The van der Waals surface area contributed by atoms with E-state index in [0.29, 0.717) is 37.9 Å². The lowest BCUT2D eigenvalue weighted by atomic mass is 9.87. The first kappa shape index (κ1) is 16.0. The summed E-state index contributed by atoms with van der Waals surface area (Å²) in [5.74, 6) is 0.577. The van der Waals surface area contributed by atoms with E-state index in [9.17, 15) is 9.59 Å². The molecule has 1 unspecified atom stereocenters. The van der Waals surface area contributed by atoms with Gasteiger partial charge >= 0.3 is 5.97 Å². The van der Waals surface area contributed by atoms with Crippen molar-refractivity contribution in [3.05, 3.63) is 0 Å². The molecule has 0 spiro atoms. The Morgan fingerprint density at radius 3 is 2.42 bits per heavy atom. The fraction of sp³-hybridized carbons (Fsp3) is 0.857. The van der Waals surface area contributed by atoms with E-state index in [1.807, 2.05) is 0 Å². The van der Waals surface area contributed by atoms with E-state index in [-0.39, 0.29) is 18.2 Å². The van der Waals surface area contributed by atoms with Gasteiger partial charge in [-0.3, -0.25) is 9.59 Å². The Morgan fingerprint density at radius 2 is 1.95 bits per heavy atom. The summed E-state index contributed by atoms with van der Waals surface area (Å²) in [6, 6.07) is 0. The van der Waals surface area contributed by atoms with Gasteiger partial charge in [0.1, 0.15) is 0 Å². The number of carboxylic acid groups (broad SMARTS) is 1. The standard InChI is InChI=1S/C14H26N2O3/c1-10(2)12(5-6-15)3-4-13(17)16-8-11(9-16)7-14(18)19/h10-12H,3-9,15H2,1-2H3,(H,18,19). The van der Waals surface area contributed by atoms with Crippen LogP contribution in [0.2, 0.25) is 0 Å². The number of hydrogen-bond donors (Lipinski definition) is 2. The predicted octanol–water partition coefficient (Wildman–Crippen LogP) is 1.32. The van der Waals surface area contributed by atoms with Crippen molar-refractivity contribution in [2.24, 2.45) is 23.5 Å². The van der Waals surface area contributed by atoms with Gasteiger partial charge in [-0.15, -0.1) is 0 Å². The second-order valence-corrected chi connectivity index (χ2v) is 5.88. The van der Waals surface area contributed by atoms with Crippen LogP contribution in [-0.4, -0.2) is 41.5 Å². The minimum Gasteiger partial charge on any atom is -0.481 e. The van der Waals surface area contributed by atoms with Crippen molar-refractivity contribution >= 4 is 11.9 Å². The number of hydrogen-bond acceptors (Lipinski definition) is 3. The Morgan fingerprint density at radius 1 is 1.32 bits per heavy atom. The van der Waals surface area contributed by atoms with Crippen LogP contribution in [0.25, 0.3) is 0 Å². The van der Waals surface area contributed by atoms with Gasteiger partial charge in [0.2, 0.25) is 5.91 Å². The maximum absolute atomic E-state index is 11.9. The molecule has 1 amide bonds. The maximum atomic E-state index is 11.9. The van der Waals surface area contributed by atoms with Gasteiger partial charge in [0, 0.05) is 25.4 Å². The molecule has 0 saturated carbocycles. The third-order valence-corrected chi connectivity index (χ3v) is 3.98. The van der Waals surface area contributed by atoms with Gasteiger partial charge < -0.3 is 15.7 Å². The minimum atomic E-state index is -0.778. The maximum Gasteiger partial charge on any atom is 0.303 e. The summed E-state index contributed by atoms with van der Waals surface area (Å²) < 4.78 is 0. The highest BCUT2D eigenvalue weighted by atomic mass is 16.4. The van der Waals surface area contributed by atoms with Crippen molar-refractivity contribution in [3.63, 3.8) is 0 Å². The molecule has 5 heteroatoms. The van der Waals surface area contributed by atoms with Crippen LogP contribution in [0.15, 0.2) is 0 Å². The molecule has 5 nitrogen and oxygen atoms in total. The molecule has 1 fully saturated rings. The van der Waals surface area contributed by atoms with Gasteiger partial charge in [-0.25, -0.2) is 0 Å². The van der Waals surface area contributed by atoms with Crippen LogP contribution in [-0.2, 0) is 9.59 Å². The van der Waals surface area contributed by atoms with Crippen LogP contribution < -0.4 is 5.73 Å². The lowest BCUT2D eigenvalue weighted by Crippen LogP contribution is -2.50. The highest BCUT2D eigenvalue weighted by Crippen LogP contribution is 2.24. The molecule has 19 heavy (non-hydrogen) atoms. The van der Waals surface area contributed by atoms with Crippen LogP contribution in [0.4, 0.5) is 0 Å². The quantitative estimate of drug-likeness (QED) is 0.696. The van der Waals surface area contributed by atoms with Crippen LogP contribution in [0.3, 0.4) is 0 Å². The third kappa shape index (κ3) is 5.19. The second kappa shape index (κ2) is 7.48. The van der Waals surface area contributed by atoms with Gasteiger partial charge in [0.05, 0.1) is 6.42 Å². The SMILES string of the molecule is CC(C)C(CCN)CCC(=O)N1CC(CC(=O)O)C1. The number of rotatable bonds is 8. The molecular formula is C14H26N2O3. The molecule has 1 aliphatic heterocycles. The lowest BCUT2D eigenvalue weighted by Gasteiger charge is -2.39. The van der Waals surface area contributed by atoms with Crippen molar-refractivity contribution in [1.82, 2.24) is 4.90 Å². The molecule has 0 radical (unpaired) electrons. The summed E-state index contributed by atoms with van der Waals surface area (Å²) in [5.41, 5.74) is 5.58. The summed E-state index contributed by atoms with van der Waals surface area (Å²) in [5, 5.41) is 8.65. The minimum absolute atomic E-state index is 0.145. The van der Waals surface area contributed by atoms with E-state index >= 15 is 0 Å². The Bertz CT molecular complexity index is 312. The first-order valence-corrected chi connectivity index (χ1v) is 7.13. The molecule has 1 atom stereocenters. The lowest BCUT2D eigenvalue weighted by molar-refractivity contribution is -0.145. The Labute approximate surface area is 115 Å². The molecule has 1 rings (SSSR count). The third-order valence-electron chi connectivity index (χ3n) is 3.98. The van der Waals surface area contributed by atoms with Crippen LogP contribution in [0.5, 0.6) is 0 Å². The first-order valence-electron chi connectivity index (χ1n) is 7.13. The fourth-order valence-electron chi connectivity index (χ4n) is 2.64. The van der Waals surface area contributed by atoms with Crippen molar-refractivity contribution in [3.8, 4) is 0 Å². The average molecular weight is 270 g/mol. The molecule has 0 aliphatic carbocycles. The number of nitrogens with two attached hydrogens (primary N) is 1. The largest absolute Gasteiger partial charge is 0.481 e. The van der Waals surface area contributed by atoms with Gasteiger partial charge in [0.25, 0.3) is 0 Å². The molecule has 0 aromatic carbocycles. The number of carbonyl (C=O) groups excluding carboxylic acids is 1. The Hall–Kier alpha value is -1.10. The topological polar surface area (TPSA) is 83.6 Å². The molecular weight excluding hydrogens is 244 g/mol. The summed E-state index contributed by atoms with van der Waals surface area (Å²) in [6.45, 7) is 6.21. The molecule has 0 bridgehead atoms. The van der Waals surface area contributed by atoms with E-state index in [0.717, 1.165) is 12.8 Å². The van der Waals surface area contributed by atoms with E-state index in [1.165, 1.54) is 0 Å². The van der Waals surface area contributed by atoms with E-state index in [2.05, 4.69) is 13.8 Å². The normalized spacial score (nSPS) is 17.4. The number of aliphatic carboxylic acids is 1. The molecule has 0 aromatic rings. The first-order chi connectivity index (χ1) is 8.93. The molecule has 1 aliphatic rings. The van der Waals surface area contributed by atoms with Crippen LogP contribution >= 0.6 is 0 Å². The number of carbonyl (C=O) groups is 2. The summed E-state index contributed by atoms with van der Waals surface area (Å²) in [4.78, 5) is 24.2. The monoisotopic (exact) mass is 270 g/mol. The number of likely N-dealkylation sites (tertiary alicyclic amines) is 1. The second-order valence-electron chi connectivity index (χ2n) is 5.88. The van der Waals surface area contributed by atoms with Crippen molar-refractivity contribution in [2.75, 3.05) is 19.6 Å². The Kier molecular flexibility index (Phi) is 6.28. The van der Waals surface area contributed by atoms with Crippen molar-refractivity contribution in [2.45, 2.75) is 39.5 Å². The smallest absolute Gasteiger partial charge is 0.303 e. The van der Waals surface area contributed by atoms with Crippen LogP contribution in [0.1, 0.15) is 39.5 Å². The average Bonchev–Trinajstić information content (AvgIpc) is 2.27. The van der Waals surface area contributed by atoms with Crippen molar-refractivity contribution < 1.29 is 14.7 Å². The number of nitrogens with zero attached hydrogens (tertiary/aromatic N) is 1. The van der Waals surface area contributed by atoms with E-state index < -0.39 is 5.97 Å². The van der Waals surface area contributed by atoms with Gasteiger partial charge in [-0.1, -0.05) is 13.8 Å². The molecule has 0 aromatic heterocycles. The predicted molar refractivity (Wildman–Crippen MR) is 73.6 cm³/mol. The van der Waals surface area contributed by atoms with Gasteiger partial charge in [0.15, 0.2) is 0 Å². The number of carboxylic acids is 1. The highest BCUT2D eigenvalue weighted by molar-refractivity contribution is 5.77. The molecule has 1 heterocycles. The summed E-state index contributed by atoms with van der Waals surface area (Å²) in [6.07, 6.45) is 2.58. The highest BCUT2D eigenvalue weighted by Gasteiger charge is 2.31. The van der Waals surface area contributed by atoms with E-state index in [1.54, 1.807) is 4.90 Å². The zero-order valence-corrected chi connectivity index (χ0v) is 12.0. The van der Waals surface area contributed by atoms with E-state index in [4.69, 9.17) is 10.8 Å². The molecule has 3 N–H and O–H groups in total. The fourth-order valence-corrected chi connectivity index (χ4v) is 2.64. The zero-order chi connectivity index (χ0) is 14.4. The van der Waals surface area contributed by atoms with Gasteiger partial charge in [-0.2, -0.15) is 0 Å². The van der Waals surface area contributed by atoms with Crippen LogP contribution in [0, 0.1) is 17.8 Å². The zero-order valence-electron chi connectivity index (χ0n) is 12.0. The summed E-state index contributed by atoms with van der Waals surface area (Å²) in [7, 11) is 0. The summed E-state index contributed by atoms with van der Waals surface area (Å²) >= 11 is 0. The molecule has 110 valence electrons. The molecule has 1 saturated heterocycles. The Balaban J connectivity index is 2.23.